The van der Waals surface area contributed by atoms with Gasteiger partial charge in [-0.25, -0.2) is 9.29 Å². The zero-order chi connectivity index (χ0) is 20.4. The van der Waals surface area contributed by atoms with Gasteiger partial charge in [0.05, 0.1) is 22.3 Å². The quantitative estimate of drug-likeness (QED) is 0.639. The topological polar surface area (TPSA) is 46.6 Å². The summed E-state index contributed by atoms with van der Waals surface area (Å²) in [6.45, 7) is 7.77. The van der Waals surface area contributed by atoms with E-state index in [4.69, 9.17) is 4.74 Å². The van der Waals surface area contributed by atoms with Crippen LogP contribution in [0.25, 0.3) is 5.57 Å². The van der Waals surface area contributed by atoms with Gasteiger partial charge < -0.3 is 4.74 Å². The van der Waals surface area contributed by atoms with Crippen LogP contribution in [0.5, 0.6) is 5.75 Å². The second-order valence-corrected chi connectivity index (χ2v) is 8.57. The molecule has 0 unspecified atom stereocenters. The van der Waals surface area contributed by atoms with Gasteiger partial charge in [0.25, 0.3) is 11.8 Å². The molecule has 0 atom stereocenters. The third-order valence-corrected chi connectivity index (χ3v) is 5.08. The van der Waals surface area contributed by atoms with E-state index in [1.54, 1.807) is 24.3 Å². The van der Waals surface area contributed by atoms with Crippen LogP contribution in [0.3, 0.4) is 0 Å². The van der Waals surface area contributed by atoms with Crippen molar-refractivity contribution in [2.75, 3.05) is 4.90 Å². The predicted octanol–water partition coefficient (Wildman–Crippen LogP) is 5.04. The highest BCUT2D eigenvalue weighted by Crippen LogP contribution is 2.40. The van der Waals surface area contributed by atoms with Gasteiger partial charge in [0, 0.05) is 5.25 Å². The third-order valence-electron chi connectivity index (χ3n) is 3.99. The average molecular weight is 399 g/mol. The predicted molar refractivity (Wildman–Crippen MR) is 111 cm³/mol. The second kappa shape index (κ2) is 8.19. The van der Waals surface area contributed by atoms with Crippen LogP contribution in [-0.4, -0.2) is 23.2 Å². The molecule has 4 nitrogen and oxygen atoms in total. The summed E-state index contributed by atoms with van der Waals surface area (Å²) in [7, 11) is 0. The fourth-order valence-electron chi connectivity index (χ4n) is 2.91. The van der Waals surface area contributed by atoms with Gasteiger partial charge in [0.2, 0.25) is 0 Å². The van der Waals surface area contributed by atoms with Crippen LogP contribution in [0.1, 0.15) is 33.3 Å². The Morgan fingerprint density at radius 3 is 2.04 bits per heavy atom. The largest absolute Gasteiger partial charge is 0.491 e. The zero-order valence-corrected chi connectivity index (χ0v) is 17.0. The van der Waals surface area contributed by atoms with Crippen LogP contribution in [0.15, 0.2) is 53.4 Å². The van der Waals surface area contributed by atoms with E-state index in [-0.39, 0.29) is 17.3 Å². The lowest BCUT2D eigenvalue weighted by atomic mass is 10.1. The van der Waals surface area contributed by atoms with E-state index in [2.05, 4.69) is 0 Å². The van der Waals surface area contributed by atoms with Gasteiger partial charge in [-0.3, -0.25) is 9.59 Å². The van der Waals surface area contributed by atoms with Crippen molar-refractivity contribution < 1.29 is 18.7 Å². The maximum absolute atomic E-state index is 13.3. The number of rotatable bonds is 6. The minimum atomic E-state index is -0.405. The number of halogens is 1. The van der Waals surface area contributed by atoms with Gasteiger partial charge in [-0.15, -0.1) is 11.8 Å². The maximum atomic E-state index is 13.3. The fraction of sp³-hybridized carbons (Fsp3) is 0.273. The molecular weight excluding hydrogens is 377 g/mol. The Morgan fingerprint density at radius 1 is 0.893 bits per heavy atom. The van der Waals surface area contributed by atoms with Gasteiger partial charge in [-0.2, -0.15) is 0 Å². The lowest BCUT2D eigenvalue weighted by molar-refractivity contribution is -0.119. The molecule has 0 saturated heterocycles. The number of hydrogen-bond acceptors (Lipinski definition) is 4. The molecule has 0 fully saturated rings. The molecule has 146 valence electrons. The summed E-state index contributed by atoms with van der Waals surface area (Å²) in [4.78, 5) is 27.8. The number of anilines is 1. The van der Waals surface area contributed by atoms with Crippen LogP contribution in [-0.2, 0) is 9.59 Å². The van der Waals surface area contributed by atoms with Crippen molar-refractivity contribution in [3.63, 3.8) is 0 Å². The molecule has 3 rings (SSSR count). The standard InChI is InChI=1S/C22H22FNO3S/c1-13(2)27-18-11-9-17(10-12-18)24-21(25)19(15-5-7-16(23)8-6-15)20(22(24)26)28-14(3)4/h5-14H,1-4H3. The minimum absolute atomic E-state index is 0.0293. The molecular formula is C22H22FNO3S. The SMILES string of the molecule is CC(C)Oc1ccc(N2C(=O)C(SC(C)C)=C(c3ccc(F)cc3)C2=O)cc1. The number of carbonyl (C=O) groups excluding carboxylic acids is 2. The summed E-state index contributed by atoms with van der Waals surface area (Å²) < 4.78 is 19.0. The minimum Gasteiger partial charge on any atom is -0.491 e. The second-order valence-electron chi connectivity index (χ2n) is 6.98. The van der Waals surface area contributed by atoms with E-state index in [0.717, 1.165) is 0 Å². The molecule has 0 aromatic heterocycles. The molecule has 0 spiro atoms. The van der Waals surface area contributed by atoms with Gasteiger partial charge >= 0.3 is 0 Å². The summed E-state index contributed by atoms with van der Waals surface area (Å²) >= 11 is 1.34. The molecule has 0 N–H and O–H groups in total. The number of amides is 2. The summed E-state index contributed by atoms with van der Waals surface area (Å²) in [5.41, 5.74) is 1.32. The van der Waals surface area contributed by atoms with Crippen molar-refractivity contribution in [2.24, 2.45) is 0 Å². The van der Waals surface area contributed by atoms with Crippen LogP contribution < -0.4 is 9.64 Å². The number of ether oxygens (including phenoxy) is 1. The first-order valence-corrected chi connectivity index (χ1v) is 9.98. The molecule has 28 heavy (non-hydrogen) atoms. The first-order valence-electron chi connectivity index (χ1n) is 9.10. The lowest BCUT2D eigenvalue weighted by Crippen LogP contribution is -2.31. The van der Waals surface area contributed by atoms with Crippen LogP contribution in [0.4, 0.5) is 10.1 Å². The highest BCUT2D eigenvalue weighted by molar-refractivity contribution is 8.04. The molecule has 2 aromatic rings. The van der Waals surface area contributed by atoms with Crippen LogP contribution >= 0.6 is 11.8 Å². The number of imide groups is 1. The molecule has 6 heteroatoms. The summed E-state index contributed by atoms with van der Waals surface area (Å²) in [5.74, 6) is -0.490. The van der Waals surface area contributed by atoms with E-state index in [0.29, 0.717) is 27.5 Å². The van der Waals surface area contributed by atoms with Gasteiger partial charge in [0.15, 0.2) is 0 Å². The van der Waals surface area contributed by atoms with Crippen LogP contribution in [0, 0.1) is 5.82 Å². The highest BCUT2D eigenvalue weighted by Gasteiger charge is 2.40. The summed E-state index contributed by atoms with van der Waals surface area (Å²) in [6, 6.07) is 12.5. The molecule has 1 aliphatic heterocycles. The Kier molecular flexibility index (Phi) is 5.89. The number of carbonyl (C=O) groups is 2. The van der Waals surface area contributed by atoms with Crippen LogP contribution in [0.2, 0.25) is 0 Å². The smallest absolute Gasteiger partial charge is 0.272 e. The molecule has 0 radical (unpaired) electrons. The van der Waals surface area contributed by atoms with Gasteiger partial charge in [0.1, 0.15) is 11.6 Å². The van der Waals surface area contributed by atoms with E-state index in [1.165, 1.54) is 40.9 Å². The molecule has 1 aliphatic rings. The van der Waals surface area contributed by atoms with E-state index >= 15 is 0 Å². The normalized spacial score (nSPS) is 14.6. The molecule has 0 bridgehead atoms. The molecule has 2 aromatic carbocycles. The van der Waals surface area contributed by atoms with Crippen molar-refractivity contribution in [1.82, 2.24) is 0 Å². The van der Waals surface area contributed by atoms with Crippen molar-refractivity contribution in [2.45, 2.75) is 39.0 Å². The molecule has 2 amide bonds. The summed E-state index contributed by atoms with van der Waals surface area (Å²) in [5, 5.41) is 0.115. The van der Waals surface area contributed by atoms with Gasteiger partial charge in [-0.05, 0) is 55.8 Å². The monoisotopic (exact) mass is 399 g/mol. The first kappa shape index (κ1) is 20.1. The van der Waals surface area contributed by atoms with E-state index < -0.39 is 11.7 Å². The first-order chi connectivity index (χ1) is 13.3. The van der Waals surface area contributed by atoms with Crippen molar-refractivity contribution in [3.05, 3.63) is 64.8 Å². The number of benzene rings is 2. The van der Waals surface area contributed by atoms with Crippen molar-refractivity contribution in [3.8, 4) is 5.75 Å². The molecule has 0 aliphatic carbocycles. The Hall–Kier alpha value is -2.60. The Balaban J connectivity index is 1.99. The number of thioether (sulfide) groups is 1. The third kappa shape index (κ3) is 4.12. The lowest BCUT2D eigenvalue weighted by Gasteiger charge is -2.16. The maximum Gasteiger partial charge on any atom is 0.272 e. The Labute approximate surface area is 168 Å². The average Bonchev–Trinajstić information content (AvgIpc) is 2.86. The number of nitrogens with zero attached hydrogens (tertiary/aromatic N) is 1. The van der Waals surface area contributed by atoms with Crippen molar-refractivity contribution >= 4 is 34.8 Å². The molecule has 0 saturated carbocycles. The Morgan fingerprint density at radius 2 is 1.50 bits per heavy atom. The van der Waals surface area contributed by atoms with Gasteiger partial charge in [-0.1, -0.05) is 26.0 Å². The Bertz CT molecular complexity index is 918. The van der Waals surface area contributed by atoms with E-state index in [9.17, 15) is 14.0 Å². The fourth-order valence-corrected chi connectivity index (χ4v) is 3.89. The van der Waals surface area contributed by atoms with E-state index in [1.807, 2.05) is 27.7 Å². The zero-order valence-electron chi connectivity index (χ0n) is 16.2. The number of hydrogen-bond donors (Lipinski definition) is 0. The van der Waals surface area contributed by atoms with Crippen molar-refractivity contribution in [1.29, 1.82) is 0 Å². The molecule has 1 heterocycles. The summed E-state index contributed by atoms with van der Waals surface area (Å²) in [6.07, 6.45) is 0.0293. The highest BCUT2D eigenvalue weighted by atomic mass is 32.2.